The van der Waals surface area contributed by atoms with Gasteiger partial charge >= 0.3 is 0 Å². The number of hydrogen-bond acceptors (Lipinski definition) is 5. The van der Waals surface area contributed by atoms with Gasteiger partial charge in [-0.2, -0.15) is 0 Å². The summed E-state index contributed by atoms with van der Waals surface area (Å²) in [6.07, 6.45) is 2.81. The Morgan fingerprint density at radius 3 is 2.48 bits per heavy atom. The van der Waals surface area contributed by atoms with Crippen molar-refractivity contribution >= 4 is 40.9 Å². The molecule has 4 amide bonds. The second-order valence-corrected chi connectivity index (χ2v) is 11.7. The van der Waals surface area contributed by atoms with Crippen LogP contribution < -0.4 is 4.90 Å². The van der Waals surface area contributed by atoms with Crippen molar-refractivity contribution in [2.24, 2.45) is 29.1 Å². The third-order valence-electron chi connectivity index (χ3n) is 9.30. The number of nitrogens with zero attached hydrogens (tertiary/aromatic N) is 2. The summed E-state index contributed by atoms with van der Waals surface area (Å²) in [5.41, 5.74) is -0.604. The van der Waals surface area contributed by atoms with E-state index in [0.717, 1.165) is 17.0 Å². The van der Waals surface area contributed by atoms with E-state index in [-0.39, 0.29) is 40.9 Å². The largest absolute Gasteiger partial charge is 0.505 e. The van der Waals surface area contributed by atoms with Gasteiger partial charge in [0.25, 0.3) is 0 Å². The minimum absolute atomic E-state index is 0.0929. The van der Waals surface area contributed by atoms with Gasteiger partial charge in [0.2, 0.25) is 23.6 Å². The number of allylic oxidation sites excluding steroid dienone is 2. The van der Waals surface area contributed by atoms with Crippen LogP contribution in [0, 0.1) is 40.7 Å². The van der Waals surface area contributed by atoms with E-state index in [1.54, 1.807) is 6.92 Å². The fourth-order valence-electron chi connectivity index (χ4n) is 7.50. The van der Waals surface area contributed by atoms with Crippen LogP contribution >= 0.6 is 11.6 Å². The molecule has 1 saturated carbocycles. The SMILES string of the molecule is CCCN1C(=O)[C@H]2[C@H](CC=C3[C@H]2C[C@H]2C(=O)N(c4ccc(F)c(Cl)c4)C(=O)[C@@]2(C)[C@H]3c2cccc(F)c2O)C1=O. The number of phenolic OH excluding ortho intramolecular Hbond substituents is 1. The maximum absolute atomic E-state index is 14.7. The number of rotatable bonds is 4. The molecule has 2 saturated heterocycles. The van der Waals surface area contributed by atoms with Gasteiger partial charge in [0.15, 0.2) is 11.6 Å². The van der Waals surface area contributed by atoms with Crippen LogP contribution in [0.5, 0.6) is 5.75 Å². The smallest absolute Gasteiger partial charge is 0.241 e. The summed E-state index contributed by atoms with van der Waals surface area (Å²) in [7, 11) is 0. The molecule has 10 heteroatoms. The van der Waals surface area contributed by atoms with Gasteiger partial charge in [-0.25, -0.2) is 13.7 Å². The molecule has 1 N–H and O–H groups in total. The quantitative estimate of drug-likeness (QED) is 0.415. The van der Waals surface area contributed by atoms with Crippen LogP contribution in [-0.4, -0.2) is 40.2 Å². The van der Waals surface area contributed by atoms with E-state index in [1.807, 2.05) is 13.0 Å². The van der Waals surface area contributed by atoms with E-state index in [0.29, 0.717) is 18.5 Å². The first kappa shape index (κ1) is 26.6. The number of carbonyl (C=O) groups is 4. The Morgan fingerprint density at radius 2 is 1.77 bits per heavy atom. The van der Waals surface area contributed by atoms with Crippen molar-refractivity contribution in [1.29, 1.82) is 0 Å². The number of benzene rings is 2. The van der Waals surface area contributed by atoms with Gasteiger partial charge < -0.3 is 5.11 Å². The van der Waals surface area contributed by atoms with Crippen molar-refractivity contribution in [2.45, 2.75) is 39.0 Å². The zero-order chi connectivity index (χ0) is 28.7. The summed E-state index contributed by atoms with van der Waals surface area (Å²) < 4.78 is 28.6. The molecule has 40 heavy (non-hydrogen) atoms. The Morgan fingerprint density at radius 1 is 1.02 bits per heavy atom. The van der Waals surface area contributed by atoms with Gasteiger partial charge in [-0.3, -0.25) is 24.1 Å². The van der Waals surface area contributed by atoms with Crippen LogP contribution in [0.2, 0.25) is 5.02 Å². The fraction of sp³-hybridized carbons (Fsp3) is 0.400. The average Bonchev–Trinajstić information content (AvgIpc) is 3.28. The maximum Gasteiger partial charge on any atom is 0.241 e. The molecule has 0 aromatic heterocycles. The molecule has 0 spiro atoms. The number of amides is 4. The molecule has 6 atom stereocenters. The molecule has 0 unspecified atom stereocenters. The lowest BCUT2D eigenvalue weighted by molar-refractivity contribution is -0.140. The molecule has 4 aliphatic rings. The first-order chi connectivity index (χ1) is 19.0. The molecule has 0 radical (unpaired) electrons. The normalized spacial score (nSPS) is 31.3. The van der Waals surface area contributed by atoms with Crippen LogP contribution in [0.1, 0.15) is 44.6 Å². The molecule has 6 rings (SSSR count). The molecule has 2 aliphatic heterocycles. The van der Waals surface area contributed by atoms with E-state index >= 15 is 0 Å². The molecule has 208 valence electrons. The molecule has 2 aliphatic carbocycles. The summed E-state index contributed by atoms with van der Waals surface area (Å²) in [4.78, 5) is 57.3. The van der Waals surface area contributed by atoms with E-state index in [2.05, 4.69) is 0 Å². The summed E-state index contributed by atoms with van der Waals surface area (Å²) >= 11 is 5.99. The highest BCUT2D eigenvalue weighted by atomic mass is 35.5. The lowest BCUT2D eigenvalue weighted by Gasteiger charge is -2.49. The van der Waals surface area contributed by atoms with Crippen LogP contribution in [0.15, 0.2) is 48.0 Å². The number of likely N-dealkylation sites (tertiary alicyclic amines) is 1. The fourth-order valence-corrected chi connectivity index (χ4v) is 7.68. The van der Waals surface area contributed by atoms with E-state index in [1.165, 1.54) is 29.2 Å². The van der Waals surface area contributed by atoms with Crippen molar-refractivity contribution in [3.63, 3.8) is 0 Å². The Labute approximate surface area is 234 Å². The number of aromatic hydroxyl groups is 1. The lowest BCUT2D eigenvalue weighted by atomic mass is 9.51. The summed E-state index contributed by atoms with van der Waals surface area (Å²) in [5, 5.41) is 10.6. The number of para-hydroxylation sites is 1. The summed E-state index contributed by atoms with van der Waals surface area (Å²) in [6, 6.07) is 7.59. The van der Waals surface area contributed by atoms with Gasteiger partial charge in [0, 0.05) is 18.0 Å². The zero-order valence-electron chi connectivity index (χ0n) is 21.9. The Balaban J connectivity index is 1.53. The first-order valence-corrected chi connectivity index (χ1v) is 13.8. The first-order valence-electron chi connectivity index (χ1n) is 13.4. The molecule has 2 heterocycles. The predicted molar refractivity (Wildman–Crippen MR) is 141 cm³/mol. The third kappa shape index (κ3) is 3.46. The molecule has 0 bridgehead atoms. The molecular weight excluding hydrogens is 542 g/mol. The molecule has 3 fully saturated rings. The lowest BCUT2D eigenvalue weighted by Crippen LogP contribution is -2.49. The number of fused-ring (bicyclic) bond motifs is 4. The Hall–Kier alpha value is -3.59. The number of imide groups is 2. The van der Waals surface area contributed by atoms with E-state index < -0.39 is 64.2 Å². The Kier molecular flexibility index (Phi) is 6.14. The topological polar surface area (TPSA) is 95.0 Å². The van der Waals surface area contributed by atoms with Crippen LogP contribution in [-0.2, 0) is 19.2 Å². The highest BCUT2D eigenvalue weighted by molar-refractivity contribution is 6.31. The molecule has 7 nitrogen and oxygen atoms in total. The predicted octanol–water partition coefficient (Wildman–Crippen LogP) is 4.96. The van der Waals surface area contributed by atoms with Crippen molar-refractivity contribution in [1.82, 2.24) is 4.90 Å². The summed E-state index contributed by atoms with van der Waals surface area (Å²) in [6.45, 7) is 3.78. The number of anilines is 1. The minimum Gasteiger partial charge on any atom is -0.505 e. The van der Waals surface area contributed by atoms with Gasteiger partial charge in [0.1, 0.15) is 5.82 Å². The van der Waals surface area contributed by atoms with Crippen LogP contribution in [0.25, 0.3) is 0 Å². The van der Waals surface area contributed by atoms with Crippen LogP contribution in [0.3, 0.4) is 0 Å². The number of carbonyl (C=O) groups excluding carboxylic acids is 4. The molecular formula is C30H27ClF2N2O5. The highest BCUT2D eigenvalue weighted by Gasteiger charge is 2.67. The zero-order valence-corrected chi connectivity index (χ0v) is 22.6. The molecule has 2 aromatic carbocycles. The van der Waals surface area contributed by atoms with Crippen molar-refractivity contribution in [3.8, 4) is 5.75 Å². The van der Waals surface area contributed by atoms with Crippen molar-refractivity contribution in [3.05, 3.63) is 70.3 Å². The number of phenols is 1. The number of halogens is 3. The standard InChI is InChI=1S/C30H27ClF2N2O5/c1-3-11-34-26(37)16-9-8-15-18(23(16)28(34)39)13-19-27(38)35(14-7-10-21(32)20(31)12-14)29(40)30(19,2)24(15)17-5-4-6-22(33)25(17)36/h4-8,10,12,16,18-19,23-24,36H,3,9,11,13H2,1-2H3/t16-,18+,19-,23-,24+,30+/m0/s1. The molecule has 2 aromatic rings. The van der Waals surface area contributed by atoms with Gasteiger partial charge in [0.05, 0.1) is 33.9 Å². The Bertz CT molecular complexity index is 1530. The van der Waals surface area contributed by atoms with Gasteiger partial charge in [-0.05, 0) is 56.4 Å². The summed E-state index contributed by atoms with van der Waals surface area (Å²) in [5.74, 6) is -7.72. The highest BCUT2D eigenvalue weighted by Crippen LogP contribution is 2.64. The third-order valence-corrected chi connectivity index (χ3v) is 9.59. The second-order valence-electron chi connectivity index (χ2n) is 11.3. The van der Waals surface area contributed by atoms with Gasteiger partial charge in [-0.15, -0.1) is 0 Å². The number of hydrogen-bond donors (Lipinski definition) is 1. The van der Waals surface area contributed by atoms with Crippen LogP contribution in [0.4, 0.5) is 14.5 Å². The van der Waals surface area contributed by atoms with Gasteiger partial charge in [-0.1, -0.05) is 42.3 Å². The van der Waals surface area contributed by atoms with E-state index in [4.69, 9.17) is 11.6 Å². The van der Waals surface area contributed by atoms with E-state index in [9.17, 15) is 33.1 Å². The second kappa shape index (κ2) is 9.23. The van der Waals surface area contributed by atoms with Crippen molar-refractivity contribution in [2.75, 3.05) is 11.4 Å². The van der Waals surface area contributed by atoms with Crippen molar-refractivity contribution < 1.29 is 33.1 Å². The minimum atomic E-state index is -1.47. The monoisotopic (exact) mass is 568 g/mol. The maximum atomic E-state index is 14.7. The average molecular weight is 569 g/mol.